The van der Waals surface area contributed by atoms with Gasteiger partial charge in [0.15, 0.2) is 0 Å². The summed E-state index contributed by atoms with van der Waals surface area (Å²) in [6, 6.07) is 19.8. The van der Waals surface area contributed by atoms with Crippen LogP contribution in [0, 0.1) is 5.82 Å². The van der Waals surface area contributed by atoms with Crippen LogP contribution in [0.5, 0.6) is 0 Å². The van der Waals surface area contributed by atoms with Gasteiger partial charge in [-0.25, -0.2) is 12.8 Å². The summed E-state index contributed by atoms with van der Waals surface area (Å²) in [5.41, 5.74) is 1.14. The Labute approximate surface area is 157 Å². The van der Waals surface area contributed by atoms with Gasteiger partial charge in [-0.2, -0.15) is 0 Å². The van der Waals surface area contributed by atoms with Crippen molar-refractivity contribution in [2.24, 2.45) is 0 Å². The Morgan fingerprint density at radius 3 is 2.26 bits per heavy atom. The Hall–Kier alpha value is -3.19. The predicted octanol–water partition coefficient (Wildman–Crippen LogP) is 3.90. The first-order valence-corrected chi connectivity index (χ1v) is 9.53. The van der Waals surface area contributed by atoms with Gasteiger partial charge in [0, 0.05) is 18.3 Å². The fourth-order valence-electron chi connectivity index (χ4n) is 2.47. The number of benzene rings is 3. The molecule has 0 atom stereocenters. The van der Waals surface area contributed by atoms with E-state index >= 15 is 0 Å². The third kappa shape index (κ3) is 4.15. The lowest BCUT2D eigenvalue weighted by Gasteiger charge is -2.19. The van der Waals surface area contributed by atoms with Crippen molar-refractivity contribution >= 4 is 27.3 Å². The summed E-state index contributed by atoms with van der Waals surface area (Å²) in [4.78, 5) is 12.4. The third-order valence-corrected chi connectivity index (χ3v) is 5.76. The van der Waals surface area contributed by atoms with E-state index in [0.29, 0.717) is 11.4 Å². The van der Waals surface area contributed by atoms with Gasteiger partial charge in [-0.05, 0) is 54.6 Å². The number of amides is 1. The van der Waals surface area contributed by atoms with Crippen LogP contribution < -0.4 is 9.62 Å². The van der Waals surface area contributed by atoms with E-state index in [2.05, 4.69) is 5.32 Å². The van der Waals surface area contributed by atoms with Crippen LogP contribution in [0.15, 0.2) is 83.8 Å². The second-order valence-corrected chi connectivity index (χ2v) is 7.77. The third-order valence-electron chi connectivity index (χ3n) is 3.98. The van der Waals surface area contributed by atoms with Crippen LogP contribution in [0.4, 0.5) is 15.8 Å². The number of halogens is 1. The summed E-state index contributed by atoms with van der Waals surface area (Å²) in [6.07, 6.45) is 0. The number of nitrogens with one attached hydrogen (secondary N) is 1. The molecule has 3 aromatic rings. The quantitative estimate of drug-likeness (QED) is 0.725. The van der Waals surface area contributed by atoms with Crippen LogP contribution in [-0.4, -0.2) is 21.4 Å². The van der Waals surface area contributed by atoms with Crippen molar-refractivity contribution in [1.82, 2.24) is 0 Å². The van der Waals surface area contributed by atoms with Crippen molar-refractivity contribution in [1.29, 1.82) is 0 Å². The second-order valence-electron chi connectivity index (χ2n) is 5.80. The topological polar surface area (TPSA) is 66.5 Å². The Morgan fingerprint density at radius 2 is 1.59 bits per heavy atom. The minimum absolute atomic E-state index is 0.0324. The SMILES string of the molecule is CN(c1ccc(F)cc1)S(=O)(=O)c1cccc(C(=O)Nc2ccccc2)c1. The predicted molar refractivity (Wildman–Crippen MR) is 103 cm³/mol. The summed E-state index contributed by atoms with van der Waals surface area (Å²) in [5, 5.41) is 2.71. The molecule has 0 aromatic heterocycles. The average Bonchev–Trinajstić information content (AvgIpc) is 2.69. The molecule has 7 heteroatoms. The van der Waals surface area contributed by atoms with Gasteiger partial charge in [-0.3, -0.25) is 9.10 Å². The summed E-state index contributed by atoms with van der Waals surface area (Å²) in [7, 11) is -2.53. The molecule has 3 aromatic carbocycles. The first-order chi connectivity index (χ1) is 12.9. The van der Waals surface area contributed by atoms with Crippen LogP contribution in [0.25, 0.3) is 0 Å². The number of hydrogen-bond acceptors (Lipinski definition) is 3. The van der Waals surface area contributed by atoms with Gasteiger partial charge in [0.2, 0.25) is 0 Å². The summed E-state index contributed by atoms with van der Waals surface area (Å²) in [5.74, 6) is -0.869. The first kappa shape index (κ1) is 18.6. The highest BCUT2D eigenvalue weighted by atomic mass is 32.2. The van der Waals surface area contributed by atoms with Gasteiger partial charge in [-0.1, -0.05) is 24.3 Å². The Morgan fingerprint density at radius 1 is 0.926 bits per heavy atom. The molecule has 0 aliphatic rings. The molecule has 0 unspecified atom stereocenters. The van der Waals surface area contributed by atoms with Gasteiger partial charge >= 0.3 is 0 Å². The number of sulfonamides is 1. The Bertz CT molecular complexity index is 1050. The van der Waals surface area contributed by atoms with Crippen molar-refractivity contribution in [3.63, 3.8) is 0 Å². The molecule has 1 N–H and O–H groups in total. The van der Waals surface area contributed by atoms with Gasteiger partial charge in [-0.15, -0.1) is 0 Å². The van der Waals surface area contributed by atoms with E-state index in [1.54, 1.807) is 24.3 Å². The molecular formula is C20H17FN2O3S. The zero-order chi connectivity index (χ0) is 19.4. The molecule has 0 bridgehead atoms. The molecule has 0 aliphatic carbocycles. The molecular weight excluding hydrogens is 367 g/mol. The zero-order valence-electron chi connectivity index (χ0n) is 14.5. The van der Waals surface area contributed by atoms with E-state index in [1.165, 1.54) is 55.6 Å². The number of anilines is 2. The molecule has 0 spiro atoms. The summed E-state index contributed by atoms with van der Waals surface area (Å²) < 4.78 is 39.8. The van der Waals surface area contributed by atoms with E-state index in [-0.39, 0.29) is 10.5 Å². The van der Waals surface area contributed by atoms with Crippen LogP contribution in [0.3, 0.4) is 0 Å². The van der Waals surface area contributed by atoms with Crippen LogP contribution in [0.2, 0.25) is 0 Å². The molecule has 5 nitrogen and oxygen atoms in total. The van der Waals surface area contributed by atoms with E-state index < -0.39 is 21.7 Å². The number of para-hydroxylation sites is 1. The molecule has 0 saturated carbocycles. The van der Waals surface area contributed by atoms with E-state index in [0.717, 1.165) is 4.31 Å². The van der Waals surface area contributed by atoms with Crippen molar-refractivity contribution in [3.8, 4) is 0 Å². The highest BCUT2D eigenvalue weighted by Crippen LogP contribution is 2.23. The smallest absolute Gasteiger partial charge is 0.264 e. The van der Waals surface area contributed by atoms with Crippen molar-refractivity contribution < 1.29 is 17.6 Å². The zero-order valence-corrected chi connectivity index (χ0v) is 15.3. The minimum atomic E-state index is -3.90. The first-order valence-electron chi connectivity index (χ1n) is 8.09. The van der Waals surface area contributed by atoms with Crippen molar-refractivity contribution in [2.75, 3.05) is 16.7 Å². The van der Waals surface area contributed by atoms with Gasteiger partial charge in [0.05, 0.1) is 10.6 Å². The average molecular weight is 384 g/mol. The highest BCUT2D eigenvalue weighted by Gasteiger charge is 2.22. The van der Waals surface area contributed by atoms with E-state index in [4.69, 9.17) is 0 Å². The number of carbonyl (C=O) groups is 1. The van der Waals surface area contributed by atoms with Crippen molar-refractivity contribution in [3.05, 3.63) is 90.2 Å². The largest absolute Gasteiger partial charge is 0.322 e. The Balaban J connectivity index is 1.87. The van der Waals surface area contributed by atoms with Crippen LogP contribution in [0.1, 0.15) is 10.4 Å². The highest BCUT2D eigenvalue weighted by molar-refractivity contribution is 7.92. The fraction of sp³-hybridized carbons (Fsp3) is 0.0500. The summed E-state index contributed by atoms with van der Waals surface area (Å²) in [6.45, 7) is 0. The van der Waals surface area contributed by atoms with Gasteiger partial charge in [0.1, 0.15) is 5.82 Å². The van der Waals surface area contributed by atoms with E-state index in [1.807, 2.05) is 6.07 Å². The maximum Gasteiger partial charge on any atom is 0.264 e. The van der Waals surface area contributed by atoms with Gasteiger partial charge in [0.25, 0.3) is 15.9 Å². The molecule has 138 valence electrons. The van der Waals surface area contributed by atoms with Crippen molar-refractivity contribution in [2.45, 2.75) is 4.90 Å². The molecule has 1 amide bonds. The molecule has 0 fully saturated rings. The molecule has 0 saturated heterocycles. The van der Waals surface area contributed by atoms with Crippen LogP contribution in [-0.2, 0) is 10.0 Å². The van der Waals surface area contributed by atoms with E-state index in [9.17, 15) is 17.6 Å². The molecule has 0 heterocycles. The number of rotatable bonds is 5. The molecule has 3 rings (SSSR count). The molecule has 27 heavy (non-hydrogen) atoms. The van der Waals surface area contributed by atoms with Crippen LogP contribution >= 0.6 is 0 Å². The maximum atomic E-state index is 13.1. The number of hydrogen-bond donors (Lipinski definition) is 1. The van der Waals surface area contributed by atoms with Gasteiger partial charge < -0.3 is 5.32 Å². The standard InChI is InChI=1S/C20H17FN2O3S/c1-23(18-12-10-16(21)11-13-18)27(25,26)19-9-5-6-15(14-19)20(24)22-17-7-3-2-4-8-17/h2-14H,1H3,(H,22,24). The lowest BCUT2D eigenvalue weighted by atomic mass is 10.2. The number of carbonyl (C=O) groups excluding carboxylic acids is 1. The minimum Gasteiger partial charge on any atom is -0.322 e. The number of nitrogens with zero attached hydrogens (tertiary/aromatic N) is 1. The summed E-state index contributed by atoms with van der Waals surface area (Å²) >= 11 is 0. The monoisotopic (exact) mass is 384 g/mol. The maximum absolute atomic E-state index is 13.1. The second kappa shape index (κ2) is 7.59. The normalized spacial score (nSPS) is 11.0. The fourth-order valence-corrected chi connectivity index (χ4v) is 3.71. The Kier molecular flexibility index (Phi) is 5.23. The lowest BCUT2D eigenvalue weighted by Crippen LogP contribution is -2.26. The molecule has 0 aliphatic heterocycles. The molecule has 0 radical (unpaired) electrons. The lowest BCUT2D eigenvalue weighted by molar-refractivity contribution is 0.102.